The summed E-state index contributed by atoms with van der Waals surface area (Å²) in [5, 5.41) is 13.5. The molecule has 1 N–H and O–H groups in total. The fourth-order valence-corrected chi connectivity index (χ4v) is 2.55. The molecule has 1 aromatic carbocycles. The molecule has 3 aromatic rings. The molecule has 0 aliphatic carbocycles. The summed E-state index contributed by atoms with van der Waals surface area (Å²) in [5.41, 5.74) is 1.89. The van der Waals surface area contributed by atoms with Crippen molar-refractivity contribution in [3.63, 3.8) is 0 Å². The van der Waals surface area contributed by atoms with Crippen molar-refractivity contribution < 1.29 is 4.79 Å². The van der Waals surface area contributed by atoms with E-state index in [-0.39, 0.29) is 5.91 Å². The highest BCUT2D eigenvalue weighted by atomic mass is 32.1. The molecule has 0 fully saturated rings. The minimum Gasteiger partial charge on any atom is -0.346 e. The monoisotopic (exact) mass is 282 g/mol. The van der Waals surface area contributed by atoms with Gasteiger partial charge in [-0.05, 0) is 24.3 Å². The highest BCUT2D eigenvalue weighted by Crippen LogP contribution is 2.11. The smallest absolute Gasteiger partial charge is 0.251 e. The molecule has 0 saturated carbocycles. The lowest BCUT2D eigenvalue weighted by atomic mass is 10.1. The lowest BCUT2D eigenvalue weighted by Crippen LogP contribution is -2.22. The van der Waals surface area contributed by atoms with Crippen molar-refractivity contribution in [1.82, 2.24) is 14.7 Å². The second-order valence-corrected chi connectivity index (χ2v) is 5.07. The summed E-state index contributed by atoms with van der Waals surface area (Å²) in [4.78, 5) is 17.2. The lowest BCUT2D eigenvalue weighted by Gasteiger charge is -2.03. The molecule has 3 rings (SSSR count). The normalized spacial score (nSPS) is 10.3. The topological polar surface area (TPSA) is 70.2 Å². The number of carbonyl (C=O) groups is 1. The van der Waals surface area contributed by atoms with Crippen LogP contribution in [0.2, 0.25) is 0 Å². The molecule has 98 valence electrons. The van der Waals surface area contributed by atoms with Gasteiger partial charge in [0, 0.05) is 23.3 Å². The summed E-state index contributed by atoms with van der Waals surface area (Å²) in [7, 11) is 0. The van der Waals surface area contributed by atoms with Crippen LogP contribution in [0.5, 0.6) is 0 Å². The van der Waals surface area contributed by atoms with E-state index in [1.54, 1.807) is 35.6 Å². The Balaban J connectivity index is 1.66. The third kappa shape index (κ3) is 2.39. The van der Waals surface area contributed by atoms with Crippen molar-refractivity contribution >= 4 is 22.2 Å². The van der Waals surface area contributed by atoms with Crippen LogP contribution in [-0.2, 0) is 6.54 Å². The summed E-state index contributed by atoms with van der Waals surface area (Å²) in [6, 6.07) is 8.55. The number of nitrogens with one attached hydrogen (secondary N) is 1. The fourth-order valence-electron chi connectivity index (χ4n) is 1.83. The van der Waals surface area contributed by atoms with Gasteiger partial charge in [-0.25, -0.2) is 4.98 Å². The Morgan fingerprint density at radius 2 is 2.20 bits per heavy atom. The van der Waals surface area contributed by atoms with Gasteiger partial charge in [-0.15, -0.1) is 11.3 Å². The number of benzene rings is 1. The number of thiazole rings is 1. The number of imidazole rings is 1. The molecule has 0 radical (unpaired) electrons. The largest absolute Gasteiger partial charge is 0.346 e. The van der Waals surface area contributed by atoms with Gasteiger partial charge in [0.15, 0.2) is 4.96 Å². The first-order valence-corrected chi connectivity index (χ1v) is 6.83. The molecule has 2 heterocycles. The van der Waals surface area contributed by atoms with Crippen LogP contribution in [0.4, 0.5) is 0 Å². The van der Waals surface area contributed by atoms with Gasteiger partial charge in [0.05, 0.1) is 23.9 Å². The zero-order valence-electron chi connectivity index (χ0n) is 10.4. The Labute approximate surface area is 119 Å². The summed E-state index contributed by atoms with van der Waals surface area (Å²) < 4.78 is 1.92. The van der Waals surface area contributed by atoms with Crippen LogP contribution in [0.25, 0.3) is 4.96 Å². The highest BCUT2D eigenvalue weighted by molar-refractivity contribution is 7.15. The molecule has 2 aromatic heterocycles. The van der Waals surface area contributed by atoms with Crippen LogP contribution >= 0.6 is 11.3 Å². The van der Waals surface area contributed by atoms with Crippen LogP contribution < -0.4 is 5.32 Å². The number of nitriles is 1. The van der Waals surface area contributed by atoms with Crippen LogP contribution in [0.15, 0.2) is 42.0 Å². The van der Waals surface area contributed by atoms with Gasteiger partial charge in [0.1, 0.15) is 0 Å². The molecular weight excluding hydrogens is 272 g/mol. The average Bonchev–Trinajstić information content (AvgIpc) is 3.06. The maximum absolute atomic E-state index is 11.9. The van der Waals surface area contributed by atoms with E-state index in [2.05, 4.69) is 10.3 Å². The zero-order valence-corrected chi connectivity index (χ0v) is 11.2. The van der Waals surface area contributed by atoms with Gasteiger partial charge in [-0.3, -0.25) is 9.20 Å². The van der Waals surface area contributed by atoms with Gasteiger partial charge in [-0.1, -0.05) is 0 Å². The minimum atomic E-state index is -0.175. The molecule has 1 amide bonds. The molecule has 0 unspecified atom stereocenters. The van der Waals surface area contributed by atoms with Crippen LogP contribution in [0, 0.1) is 11.3 Å². The molecule has 0 atom stereocenters. The van der Waals surface area contributed by atoms with E-state index in [4.69, 9.17) is 5.26 Å². The molecule has 0 saturated heterocycles. The molecule has 0 aliphatic heterocycles. The summed E-state index contributed by atoms with van der Waals surface area (Å²) >= 11 is 1.55. The first-order chi connectivity index (χ1) is 9.76. The van der Waals surface area contributed by atoms with E-state index >= 15 is 0 Å². The Hall–Kier alpha value is -2.65. The molecule has 0 spiro atoms. The molecule has 0 bridgehead atoms. The third-order valence-electron chi connectivity index (χ3n) is 2.85. The minimum absolute atomic E-state index is 0.175. The lowest BCUT2D eigenvalue weighted by molar-refractivity contribution is 0.0950. The molecule has 6 heteroatoms. The first kappa shape index (κ1) is 12.4. The number of rotatable bonds is 3. The standard InChI is InChI=1S/C14H10N4OS/c15-7-10-1-3-11(4-2-10)13(19)16-8-12-9-18-5-6-20-14(18)17-12/h1-6,9H,8H2,(H,16,19). The number of amides is 1. The summed E-state index contributed by atoms with van der Waals surface area (Å²) in [5.74, 6) is -0.175. The maximum Gasteiger partial charge on any atom is 0.251 e. The van der Waals surface area contributed by atoms with Crippen molar-refractivity contribution in [3.05, 3.63) is 58.9 Å². The number of aromatic nitrogens is 2. The molecule has 5 nitrogen and oxygen atoms in total. The number of carbonyl (C=O) groups excluding carboxylic acids is 1. The van der Waals surface area contributed by atoms with E-state index in [9.17, 15) is 4.79 Å². The quantitative estimate of drug-likeness (QED) is 0.800. The van der Waals surface area contributed by atoms with Crippen molar-refractivity contribution in [2.75, 3.05) is 0 Å². The number of hydrogen-bond donors (Lipinski definition) is 1. The Morgan fingerprint density at radius 1 is 1.40 bits per heavy atom. The molecular formula is C14H10N4OS. The highest BCUT2D eigenvalue weighted by Gasteiger charge is 2.07. The number of hydrogen-bond acceptors (Lipinski definition) is 4. The Morgan fingerprint density at radius 3 is 2.90 bits per heavy atom. The van der Waals surface area contributed by atoms with Gasteiger partial charge in [0.2, 0.25) is 0 Å². The Kier molecular flexibility index (Phi) is 3.19. The van der Waals surface area contributed by atoms with E-state index in [1.807, 2.05) is 28.2 Å². The van der Waals surface area contributed by atoms with Crippen molar-refractivity contribution in [1.29, 1.82) is 5.26 Å². The second kappa shape index (κ2) is 5.15. The van der Waals surface area contributed by atoms with E-state index < -0.39 is 0 Å². The fraction of sp³-hybridized carbons (Fsp3) is 0.0714. The van der Waals surface area contributed by atoms with Gasteiger partial charge >= 0.3 is 0 Å². The SMILES string of the molecule is N#Cc1ccc(C(=O)NCc2cn3ccsc3n2)cc1. The number of nitrogens with zero attached hydrogens (tertiary/aromatic N) is 3. The second-order valence-electron chi connectivity index (χ2n) is 4.20. The van der Waals surface area contributed by atoms with E-state index in [1.165, 1.54) is 0 Å². The zero-order chi connectivity index (χ0) is 13.9. The predicted molar refractivity (Wildman–Crippen MR) is 75.4 cm³/mol. The van der Waals surface area contributed by atoms with Crippen molar-refractivity contribution in [3.8, 4) is 6.07 Å². The summed E-state index contributed by atoms with van der Waals surface area (Å²) in [6.07, 6.45) is 3.82. The number of fused-ring (bicyclic) bond motifs is 1. The van der Waals surface area contributed by atoms with Crippen molar-refractivity contribution in [2.24, 2.45) is 0 Å². The van der Waals surface area contributed by atoms with E-state index in [0.717, 1.165) is 10.7 Å². The van der Waals surface area contributed by atoms with Crippen molar-refractivity contribution in [2.45, 2.75) is 6.54 Å². The third-order valence-corrected chi connectivity index (χ3v) is 3.62. The van der Waals surface area contributed by atoms with Gasteiger partial charge in [0.25, 0.3) is 5.91 Å². The maximum atomic E-state index is 11.9. The van der Waals surface area contributed by atoms with Crippen LogP contribution in [0.1, 0.15) is 21.6 Å². The van der Waals surface area contributed by atoms with Gasteiger partial charge < -0.3 is 5.32 Å². The molecule has 20 heavy (non-hydrogen) atoms. The van der Waals surface area contributed by atoms with Gasteiger partial charge in [-0.2, -0.15) is 5.26 Å². The average molecular weight is 282 g/mol. The molecule has 0 aliphatic rings. The van der Waals surface area contributed by atoms with Crippen LogP contribution in [-0.4, -0.2) is 15.3 Å². The van der Waals surface area contributed by atoms with E-state index in [0.29, 0.717) is 17.7 Å². The first-order valence-electron chi connectivity index (χ1n) is 5.96. The van der Waals surface area contributed by atoms with Crippen LogP contribution in [0.3, 0.4) is 0 Å². The predicted octanol–water partition coefficient (Wildman–Crippen LogP) is 2.20. The summed E-state index contributed by atoms with van der Waals surface area (Å²) in [6.45, 7) is 0.382. The Bertz CT molecular complexity index is 766.